The van der Waals surface area contributed by atoms with E-state index in [1.165, 1.54) is 0 Å². The van der Waals surface area contributed by atoms with Crippen LogP contribution >= 0.6 is 0 Å². The van der Waals surface area contributed by atoms with E-state index in [9.17, 15) is 4.39 Å². The Morgan fingerprint density at radius 3 is 3.00 bits per heavy atom. The molecule has 0 N–H and O–H groups in total. The lowest BCUT2D eigenvalue weighted by Crippen LogP contribution is -2.20. The van der Waals surface area contributed by atoms with Crippen LogP contribution in [0.1, 0.15) is 13.3 Å². The number of hydrogen-bond acceptors (Lipinski definition) is 2. The van der Waals surface area contributed by atoms with Crippen molar-refractivity contribution < 1.29 is 4.39 Å². The number of nitrogens with zero attached hydrogens (tertiary/aromatic N) is 2. The lowest BCUT2D eigenvalue weighted by atomic mass is 10.2. The SMILES string of the molecule is CCC1[C]N(CCF)[C]=N1. The van der Waals surface area contributed by atoms with Gasteiger partial charge in [0.25, 0.3) is 0 Å². The number of rotatable bonds is 3. The molecule has 0 bridgehead atoms. The topological polar surface area (TPSA) is 15.6 Å². The highest BCUT2D eigenvalue weighted by Crippen LogP contribution is 2.10. The fraction of sp³-hybridized carbons (Fsp3) is 0.714. The van der Waals surface area contributed by atoms with Gasteiger partial charge in [-0.1, -0.05) is 6.92 Å². The lowest BCUT2D eigenvalue weighted by Gasteiger charge is -2.09. The monoisotopic (exact) mass is 141 g/mol. The molecule has 2 nitrogen and oxygen atoms in total. The fourth-order valence-corrected chi connectivity index (χ4v) is 0.759. The first-order valence-corrected chi connectivity index (χ1v) is 3.42. The van der Waals surface area contributed by atoms with Crippen LogP contribution in [0.15, 0.2) is 4.99 Å². The van der Waals surface area contributed by atoms with Gasteiger partial charge in [0.1, 0.15) is 13.2 Å². The van der Waals surface area contributed by atoms with E-state index in [0.29, 0.717) is 6.54 Å². The molecular weight excluding hydrogens is 131 g/mol. The number of aliphatic imine (C=N–C) groups is 1. The zero-order chi connectivity index (χ0) is 7.40. The normalized spacial score (nSPS) is 24.2. The molecular formula is C7H10FN2. The molecule has 1 heterocycles. The first kappa shape index (κ1) is 7.51. The molecule has 0 fully saturated rings. The maximum atomic E-state index is 11.7. The van der Waals surface area contributed by atoms with E-state index < -0.39 is 0 Å². The van der Waals surface area contributed by atoms with Gasteiger partial charge in [-0.25, -0.2) is 4.39 Å². The number of hydrogen-bond donors (Lipinski definition) is 0. The predicted molar refractivity (Wildman–Crippen MR) is 37.4 cm³/mol. The molecule has 1 rings (SSSR count). The average Bonchev–Trinajstić information content (AvgIpc) is 2.37. The summed E-state index contributed by atoms with van der Waals surface area (Å²) in [6.07, 6.45) is 3.58. The quantitative estimate of drug-likeness (QED) is 0.572. The van der Waals surface area contributed by atoms with Gasteiger partial charge < -0.3 is 4.90 Å². The van der Waals surface area contributed by atoms with Crippen LogP contribution in [0.5, 0.6) is 0 Å². The van der Waals surface area contributed by atoms with Crippen LogP contribution in [0, 0.1) is 6.54 Å². The minimum Gasteiger partial charge on any atom is -0.338 e. The third-order valence-electron chi connectivity index (χ3n) is 1.33. The highest BCUT2D eigenvalue weighted by Gasteiger charge is 2.16. The Bertz CT molecular complexity index is 125. The van der Waals surface area contributed by atoms with Crippen molar-refractivity contribution in [3.63, 3.8) is 0 Å². The highest BCUT2D eigenvalue weighted by molar-refractivity contribution is 5.59. The summed E-state index contributed by atoms with van der Waals surface area (Å²) in [5, 5.41) is 0. The minimum absolute atomic E-state index is 0.103. The second kappa shape index (κ2) is 3.54. The Morgan fingerprint density at radius 1 is 1.70 bits per heavy atom. The molecule has 0 amide bonds. The molecule has 55 valence electrons. The number of halogens is 1. The third kappa shape index (κ3) is 1.69. The zero-order valence-corrected chi connectivity index (χ0v) is 5.97. The van der Waals surface area contributed by atoms with Crippen molar-refractivity contribution in [2.45, 2.75) is 19.4 Å². The molecule has 0 spiro atoms. The lowest BCUT2D eigenvalue weighted by molar-refractivity contribution is 0.400. The van der Waals surface area contributed by atoms with E-state index in [4.69, 9.17) is 0 Å². The van der Waals surface area contributed by atoms with Gasteiger partial charge >= 0.3 is 0 Å². The van der Waals surface area contributed by atoms with Gasteiger partial charge in [0.2, 0.25) is 0 Å². The van der Waals surface area contributed by atoms with Crippen molar-refractivity contribution in [3.05, 3.63) is 6.54 Å². The summed E-state index contributed by atoms with van der Waals surface area (Å²) in [7, 11) is 0. The van der Waals surface area contributed by atoms with Gasteiger partial charge in [0.15, 0.2) is 6.34 Å². The van der Waals surface area contributed by atoms with E-state index in [-0.39, 0.29) is 12.7 Å². The van der Waals surface area contributed by atoms with Crippen molar-refractivity contribution in [2.75, 3.05) is 13.2 Å². The van der Waals surface area contributed by atoms with E-state index in [2.05, 4.69) is 17.9 Å². The first-order valence-electron chi connectivity index (χ1n) is 3.42. The molecule has 0 aromatic heterocycles. The Morgan fingerprint density at radius 2 is 2.50 bits per heavy atom. The van der Waals surface area contributed by atoms with Crippen molar-refractivity contribution in [2.24, 2.45) is 4.99 Å². The van der Waals surface area contributed by atoms with E-state index in [1.807, 2.05) is 6.92 Å². The van der Waals surface area contributed by atoms with Crippen molar-refractivity contribution in [3.8, 4) is 0 Å². The van der Waals surface area contributed by atoms with Gasteiger partial charge in [0, 0.05) is 6.54 Å². The molecule has 1 atom stereocenters. The van der Waals surface area contributed by atoms with Crippen LogP contribution in [0.4, 0.5) is 4.39 Å². The zero-order valence-electron chi connectivity index (χ0n) is 5.97. The largest absolute Gasteiger partial charge is 0.338 e. The predicted octanol–water partition coefficient (Wildman–Crippen LogP) is 0.994. The molecule has 0 aromatic carbocycles. The molecule has 1 unspecified atom stereocenters. The van der Waals surface area contributed by atoms with Crippen molar-refractivity contribution in [1.82, 2.24) is 4.90 Å². The summed E-state index contributed by atoms with van der Waals surface area (Å²) in [4.78, 5) is 5.50. The molecule has 3 radical (unpaired) electrons. The minimum atomic E-state index is -0.369. The smallest absolute Gasteiger partial charge is 0.168 e. The maximum absolute atomic E-state index is 11.7. The summed E-state index contributed by atoms with van der Waals surface area (Å²) in [6, 6.07) is 0.103. The standard InChI is InChI=1S/C7H10FN2/c1-2-7-5-10(4-3-8)6-9-7/h7H,2-4H2,1H3. The van der Waals surface area contributed by atoms with Crippen LogP contribution < -0.4 is 0 Å². The second-order valence-electron chi connectivity index (χ2n) is 2.12. The fourth-order valence-electron chi connectivity index (χ4n) is 0.759. The van der Waals surface area contributed by atoms with Gasteiger partial charge in [-0.2, -0.15) is 0 Å². The summed E-state index contributed by atoms with van der Waals surface area (Å²) in [6.45, 7) is 4.94. The molecule has 0 saturated heterocycles. The second-order valence-corrected chi connectivity index (χ2v) is 2.12. The van der Waals surface area contributed by atoms with Crippen molar-refractivity contribution >= 4 is 6.34 Å². The van der Waals surface area contributed by atoms with Crippen LogP contribution in [-0.4, -0.2) is 30.5 Å². The van der Waals surface area contributed by atoms with Gasteiger partial charge in [-0.05, 0) is 6.42 Å². The average molecular weight is 141 g/mol. The summed E-state index contributed by atoms with van der Waals surface area (Å²) in [5.41, 5.74) is 0. The Labute approximate surface area is 60.7 Å². The van der Waals surface area contributed by atoms with Crippen molar-refractivity contribution in [1.29, 1.82) is 0 Å². The third-order valence-corrected chi connectivity index (χ3v) is 1.33. The molecule has 10 heavy (non-hydrogen) atoms. The molecule has 0 aromatic rings. The van der Waals surface area contributed by atoms with Gasteiger partial charge in [-0.3, -0.25) is 4.99 Å². The summed E-state index contributed by atoms with van der Waals surface area (Å²) >= 11 is 0. The van der Waals surface area contributed by atoms with Crippen LogP contribution in [0.3, 0.4) is 0 Å². The van der Waals surface area contributed by atoms with E-state index in [1.54, 1.807) is 4.90 Å². The van der Waals surface area contributed by atoms with Crippen LogP contribution in [-0.2, 0) is 0 Å². The first-order chi connectivity index (χ1) is 4.86. The molecule has 1 aliphatic rings. The van der Waals surface area contributed by atoms with Crippen LogP contribution in [0.25, 0.3) is 0 Å². The Kier molecular flexibility index (Phi) is 2.66. The Balaban J connectivity index is 2.24. The van der Waals surface area contributed by atoms with Gasteiger partial charge in [0.05, 0.1) is 6.04 Å². The summed E-state index contributed by atoms with van der Waals surface area (Å²) in [5.74, 6) is 0. The summed E-state index contributed by atoms with van der Waals surface area (Å²) < 4.78 is 11.7. The Hall–Kier alpha value is -0.600. The molecule has 3 heteroatoms. The highest BCUT2D eigenvalue weighted by atomic mass is 19.1. The van der Waals surface area contributed by atoms with Crippen LogP contribution in [0.2, 0.25) is 0 Å². The molecule has 0 aliphatic carbocycles. The van der Waals surface area contributed by atoms with E-state index >= 15 is 0 Å². The maximum Gasteiger partial charge on any atom is 0.168 e. The molecule has 0 saturated carbocycles. The van der Waals surface area contributed by atoms with Gasteiger partial charge in [-0.15, -0.1) is 0 Å². The number of alkyl halides is 1. The van der Waals surface area contributed by atoms with E-state index in [0.717, 1.165) is 6.42 Å². The molecule has 1 aliphatic heterocycles.